The Morgan fingerprint density at radius 3 is 2.53 bits per heavy atom. The highest BCUT2D eigenvalue weighted by Gasteiger charge is 2.18. The average Bonchev–Trinajstić information content (AvgIpc) is 2.14. The van der Waals surface area contributed by atoms with Crippen LogP contribution in [0.3, 0.4) is 0 Å². The Morgan fingerprint density at radius 1 is 1.47 bits per heavy atom. The fourth-order valence-electron chi connectivity index (χ4n) is 1.27. The van der Waals surface area contributed by atoms with Crippen LogP contribution in [0.15, 0.2) is 18.2 Å². The molecule has 0 saturated heterocycles. The normalized spacial score (nSPS) is 13.4. The number of non-ortho nitro benzene ring substituents is 1. The van der Waals surface area contributed by atoms with Gasteiger partial charge in [0.1, 0.15) is 6.10 Å². The van der Waals surface area contributed by atoms with Gasteiger partial charge in [0.2, 0.25) is 0 Å². The third-order valence-corrected chi connectivity index (χ3v) is 3.57. The van der Waals surface area contributed by atoms with Crippen LogP contribution < -0.4 is 0 Å². The van der Waals surface area contributed by atoms with Gasteiger partial charge in [-0.25, -0.2) is 0 Å². The van der Waals surface area contributed by atoms with Crippen LogP contribution in [0.2, 0.25) is 0 Å². The summed E-state index contributed by atoms with van der Waals surface area (Å²) in [4.78, 5) is 10.1. The fourth-order valence-corrected chi connectivity index (χ4v) is 2.67. The van der Waals surface area contributed by atoms with Crippen LogP contribution in [0.25, 0.3) is 0 Å². The van der Waals surface area contributed by atoms with Gasteiger partial charge in [-0.2, -0.15) is 8.42 Å². The first-order valence-electron chi connectivity index (χ1n) is 4.53. The van der Waals surface area contributed by atoms with E-state index in [4.69, 9.17) is 4.18 Å². The lowest BCUT2D eigenvalue weighted by Crippen LogP contribution is -2.09. The molecule has 1 rings (SSSR count). The van der Waals surface area contributed by atoms with Crippen LogP contribution in [0.1, 0.15) is 18.6 Å². The number of nitrogens with zero attached hydrogens (tertiary/aromatic N) is 1. The molecule has 1 atom stereocenters. The quantitative estimate of drug-likeness (QED) is 0.351. The van der Waals surface area contributed by atoms with Crippen molar-refractivity contribution in [1.29, 1.82) is 0 Å². The van der Waals surface area contributed by atoms with E-state index in [1.165, 1.54) is 19.1 Å². The summed E-state index contributed by atoms with van der Waals surface area (Å²) in [6.07, 6.45) is 0.185. The molecule has 94 valence electrons. The Labute approximate surface area is 112 Å². The van der Waals surface area contributed by atoms with Crippen LogP contribution in [0.5, 0.6) is 0 Å². The molecule has 1 aromatic rings. The molecule has 0 aliphatic heterocycles. The number of nitro groups is 1. The van der Waals surface area contributed by atoms with Gasteiger partial charge in [-0.1, -0.05) is 0 Å². The first-order chi connectivity index (χ1) is 7.70. The van der Waals surface area contributed by atoms with Gasteiger partial charge >= 0.3 is 0 Å². The Balaban J connectivity index is 3.12. The lowest BCUT2D eigenvalue weighted by molar-refractivity contribution is -0.385. The minimum absolute atomic E-state index is 0.0932. The van der Waals surface area contributed by atoms with E-state index in [9.17, 15) is 18.5 Å². The monoisotopic (exact) mass is 371 g/mol. The van der Waals surface area contributed by atoms with Crippen molar-refractivity contribution >= 4 is 38.4 Å². The molecule has 0 N–H and O–H groups in total. The molecule has 8 heteroatoms. The van der Waals surface area contributed by atoms with E-state index in [2.05, 4.69) is 0 Å². The van der Waals surface area contributed by atoms with Crippen molar-refractivity contribution in [2.75, 3.05) is 6.26 Å². The molecule has 0 amide bonds. The minimum Gasteiger partial charge on any atom is -0.262 e. The molecule has 0 fully saturated rings. The largest absolute Gasteiger partial charge is 0.269 e. The molecule has 0 spiro atoms. The molecule has 0 heterocycles. The average molecular weight is 371 g/mol. The minimum atomic E-state index is -3.59. The van der Waals surface area contributed by atoms with Gasteiger partial charge in [0, 0.05) is 21.3 Å². The van der Waals surface area contributed by atoms with E-state index in [0.717, 1.165) is 6.26 Å². The summed E-state index contributed by atoms with van der Waals surface area (Å²) in [6, 6.07) is 4.23. The highest BCUT2D eigenvalue weighted by atomic mass is 127. The van der Waals surface area contributed by atoms with E-state index in [1.807, 2.05) is 22.6 Å². The summed E-state index contributed by atoms with van der Waals surface area (Å²) in [5.74, 6) is 0. The Morgan fingerprint density at radius 2 is 2.06 bits per heavy atom. The first kappa shape index (κ1) is 14.3. The van der Waals surface area contributed by atoms with Crippen molar-refractivity contribution in [3.63, 3.8) is 0 Å². The molecule has 1 unspecified atom stereocenters. The second-order valence-electron chi connectivity index (χ2n) is 3.41. The zero-order valence-corrected chi connectivity index (χ0v) is 12.1. The molecule has 1 aromatic carbocycles. The number of hydrogen-bond acceptors (Lipinski definition) is 5. The molecular weight excluding hydrogens is 361 g/mol. The number of rotatable bonds is 4. The van der Waals surface area contributed by atoms with Gasteiger partial charge < -0.3 is 0 Å². The summed E-state index contributed by atoms with van der Waals surface area (Å²) in [5, 5.41) is 10.6. The molecule has 0 aromatic heterocycles. The number of benzene rings is 1. The Hall–Kier alpha value is -0.740. The number of hydrogen-bond donors (Lipinski definition) is 0. The zero-order valence-electron chi connectivity index (χ0n) is 9.08. The summed E-state index contributed by atoms with van der Waals surface area (Å²) in [7, 11) is -3.59. The predicted octanol–water partition coefficient (Wildman–Crippen LogP) is 2.24. The molecule has 6 nitrogen and oxygen atoms in total. The molecular formula is C9H10INO5S. The first-order valence-corrected chi connectivity index (χ1v) is 7.42. The highest BCUT2D eigenvalue weighted by Crippen LogP contribution is 2.27. The Kier molecular flexibility index (Phi) is 4.44. The summed E-state index contributed by atoms with van der Waals surface area (Å²) < 4.78 is 27.5. The number of nitro benzene ring substituents is 1. The summed E-state index contributed by atoms with van der Waals surface area (Å²) in [5.41, 5.74) is 0.384. The third-order valence-electron chi connectivity index (χ3n) is 1.95. The maximum Gasteiger partial charge on any atom is 0.269 e. The van der Waals surface area contributed by atoms with Crippen molar-refractivity contribution in [1.82, 2.24) is 0 Å². The van der Waals surface area contributed by atoms with Crippen molar-refractivity contribution in [3.8, 4) is 0 Å². The lowest BCUT2D eigenvalue weighted by Gasteiger charge is -2.12. The molecule has 0 saturated carbocycles. The van der Waals surface area contributed by atoms with E-state index in [0.29, 0.717) is 9.13 Å². The maximum atomic E-state index is 11.0. The molecule has 0 bridgehead atoms. The Bertz CT molecular complexity index is 542. The van der Waals surface area contributed by atoms with Gasteiger partial charge in [-0.15, -0.1) is 0 Å². The second-order valence-corrected chi connectivity index (χ2v) is 6.17. The van der Waals surface area contributed by atoms with E-state index in [1.54, 1.807) is 6.07 Å². The zero-order chi connectivity index (χ0) is 13.2. The maximum absolute atomic E-state index is 11.0. The molecule has 17 heavy (non-hydrogen) atoms. The van der Waals surface area contributed by atoms with Crippen molar-refractivity contribution < 1.29 is 17.5 Å². The van der Waals surface area contributed by atoms with Gasteiger partial charge in [-0.3, -0.25) is 14.3 Å². The van der Waals surface area contributed by atoms with Crippen molar-refractivity contribution in [3.05, 3.63) is 37.4 Å². The van der Waals surface area contributed by atoms with E-state index >= 15 is 0 Å². The van der Waals surface area contributed by atoms with Crippen LogP contribution in [0.4, 0.5) is 5.69 Å². The van der Waals surface area contributed by atoms with Gasteiger partial charge in [0.25, 0.3) is 15.8 Å². The van der Waals surface area contributed by atoms with Crippen LogP contribution in [-0.4, -0.2) is 19.6 Å². The summed E-state index contributed by atoms with van der Waals surface area (Å²) in [6.45, 7) is 1.53. The van der Waals surface area contributed by atoms with Gasteiger partial charge in [0.05, 0.1) is 11.2 Å². The topological polar surface area (TPSA) is 86.5 Å². The SMILES string of the molecule is CC(OS(C)(=O)=O)c1cc([N+](=O)[O-])ccc1I. The predicted molar refractivity (Wildman–Crippen MR) is 70.2 cm³/mol. The van der Waals surface area contributed by atoms with E-state index in [-0.39, 0.29) is 5.69 Å². The molecule has 0 radical (unpaired) electrons. The lowest BCUT2D eigenvalue weighted by atomic mass is 10.1. The van der Waals surface area contributed by atoms with Gasteiger partial charge in [0.15, 0.2) is 0 Å². The fraction of sp³-hybridized carbons (Fsp3) is 0.333. The molecule has 0 aliphatic carbocycles. The van der Waals surface area contributed by atoms with Gasteiger partial charge in [-0.05, 0) is 35.6 Å². The molecule has 0 aliphatic rings. The van der Waals surface area contributed by atoms with E-state index < -0.39 is 21.1 Å². The van der Waals surface area contributed by atoms with Crippen LogP contribution in [0, 0.1) is 13.7 Å². The number of halogens is 1. The van der Waals surface area contributed by atoms with Crippen molar-refractivity contribution in [2.24, 2.45) is 0 Å². The van der Waals surface area contributed by atoms with Crippen LogP contribution >= 0.6 is 22.6 Å². The highest BCUT2D eigenvalue weighted by molar-refractivity contribution is 14.1. The second kappa shape index (κ2) is 5.27. The smallest absolute Gasteiger partial charge is 0.262 e. The summed E-state index contributed by atoms with van der Waals surface area (Å²) >= 11 is 1.97. The van der Waals surface area contributed by atoms with Crippen molar-refractivity contribution in [2.45, 2.75) is 13.0 Å². The third kappa shape index (κ3) is 4.21. The standard InChI is InChI=1S/C9H10INO5S/c1-6(16-17(2,14)15)8-5-7(11(12)13)3-4-9(8)10/h3-6H,1-2H3. The van der Waals surface area contributed by atoms with Crippen LogP contribution in [-0.2, 0) is 14.3 Å².